The van der Waals surface area contributed by atoms with Crippen molar-refractivity contribution in [2.75, 3.05) is 11.4 Å². The molecule has 23 heavy (non-hydrogen) atoms. The molecule has 0 aromatic heterocycles. The number of amidine groups is 1. The second-order valence-electron chi connectivity index (χ2n) is 5.56. The highest BCUT2D eigenvalue weighted by Gasteiger charge is 2.20. The number of carboxylic acids is 1. The number of carboxylic acid groups (broad SMARTS) is 1. The van der Waals surface area contributed by atoms with Crippen LogP contribution in [0.25, 0.3) is 0 Å². The third kappa shape index (κ3) is 4.42. The Morgan fingerprint density at radius 1 is 1.00 bits per heavy atom. The van der Waals surface area contributed by atoms with Crippen LogP contribution >= 0.6 is 0 Å². The van der Waals surface area contributed by atoms with Crippen molar-refractivity contribution in [3.05, 3.63) is 59.7 Å². The summed E-state index contributed by atoms with van der Waals surface area (Å²) in [4.78, 5) is 17.9. The molecule has 0 aliphatic carbocycles. The summed E-state index contributed by atoms with van der Waals surface area (Å²) in [5, 5.41) is 9.63. The Kier molecular flexibility index (Phi) is 5.52. The van der Waals surface area contributed by atoms with Gasteiger partial charge in [0.05, 0.1) is 5.69 Å². The lowest BCUT2D eigenvalue weighted by molar-refractivity contribution is -0.129. The summed E-state index contributed by atoms with van der Waals surface area (Å²) in [6.45, 7) is 6.61. The predicted octanol–water partition coefficient (Wildman–Crippen LogP) is 4.33. The van der Waals surface area contributed by atoms with E-state index in [9.17, 15) is 9.90 Å². The summed E-state index contributed by atoms with van der Waals surface area (Å²) in [6, 6.07) is 15.3. The molecule has 0 radical (unpaired) electrons. The molecule has 0 atom stereocenters. The Hall–Kier alpha value is -2.62. The van der Waals surface area contributed by atoms with E-state index in [1.54, 1.807) is 4.90 Å². The zero-order valence-electron chi connectivity index (χ0n) is 13.8. The monoisotopic (exact) mass is 310 g/mol. The molecule has 0 saturated carbocycles. The molecule has 2 aromatic carbocycles. The first kappa shape index (κ1) is 16.7. The fraction of sp³-hybridized carbons (Fsp3) is 0.263. The number of hydrogen-bond donors (Lipinski definition) is 1. The van der Waals surface area contributed by atoms with Crippen molar-refractivity contribution in [2.45, 2.75) is 27.2 Å². The zero-order valence-corrected chi connectivity index (χ0v) is 13.8. The molecular weight excluding hydrogens is 288 g/mol. The van der Waals surface area contributed by atoms with E-state index in [-0.39, 0.29) is 5.84 Å². The molecule has 2 aromatic rings. The van der Waals surface area contributed by atoms with Crippen LogP contribution in [0, 0.1) is 13.8 Å². The van der Waals surface area contributed by atoms with Gasteiger partial charge >= 0.3 is 5.97 Å². The first-order valence-corrected chi connectivity index (χ1v) is 7.74. The predicted molar refractivity (Wildman–Crippen MR) is 94.7 cm³/mol. The Bertz CT molecular complexity index is 688. The van der Waals surface area contributed by atoms with E-state index in [2.05, 4.69) is 4.99 Å². The van der Waals surface area contributed by atoms with Gasteiger partial charge in [-0.1, -0.05) is 42.3 Å². The standard InChI is InChI=1S/C19H22N2O2/c1-4-13-21(17-11-7-15(3)8-12-17)18(19(22)23)20-16-9-5-14(2)6-10-16/h5-12H,4,13H2,1-3H3,(H,22,23). The van der Waals surface area contributed by atoms with Gasteiger partial charge in [-0.3, -0.25) is 0 Å². The van der Waals surface area contributed by atoms with E-state index in [1.807, 2.05) is 69.3 Å². The Morgan fingerprint density at radius 2 is 1.52 bits per heavy atom. The molecule has 0 spiro atoms. The third-order valence-corrected chi connectivity index (χ3v) is 3.51. The zero-order chi connectivity index (χ0) is 16.8. The SMILES string of the molecule is CCCN(C(=Nc1ccc(C)cc1)C(=O)O)c1ccc(C)cc1. The molecule has 0 amide bonds. The van der Waals surface area contributed by atoms with Gasteiger partial charge in [-0.25, -0.2) is 9.79 Å². The summed E-state index contributed by atoms with van der Waals surface area (Å²) >= 11 is 0. The Labute approximate surface area is 137 Å². The maximum absolute atomic E-state index is 11.8. The molecule has 0 saturated heterocycles. The number of aryl methyl sites for hydroxylation is 2. The van der Waals surface area contributed by atoms with Gasteiger partial charge in [0.25, 0.3) is 0 Å². The number of anilines is 1. The number of nitrogens with zero attached hydrogens (tertiary/aromatic N) is 2. The number of carbonyl (C=O) groups is 1. The molecule has 0 aliphatic heterocycles. The second kappa shape index (κ2) is 7.58. The molecule has 0 bridgehead atoms. The van der Waals surface area contributed by atoms with Gasteiger partial charge in [-0.2, -0.15) is 0 Å². The largest absolute Gasteiger partial charge is 0.475 e. The first-order valence-electron chi connectivity index (χ1n) is 7.74. The quantitative estimate of drug-likeness (QED) is 0.675. The minimum atomic E-state index is -1.03. The molecule has 2 rings (SSSR count). The second-order valence-corrected chi connectivity index (χ2v) is 5.56. The van der Waals surface area contributed by atoms with Crippen molar-refractivity contribution in [1.29, 1.82) is 0 Å². The lowest BCUT2D eigenvalue weighted by atomic mass is 10.2. The molecule has 0 heterocycles. The van der Waals surface area contributed by atoms with Gasteiger partial charge in [-0.15, -0.1) is 0 Å². The van der Waals surface area contributed by atoms with Crippen LogP contribution in [0.15, 0.2) is 53.5 Å². The number of benzene rings is 2. The van der Waals surface area contributed by atoms with E-state index < -0.39 is 5.97 Å². The average molecular weight is 310 g/mol. The van der Waals surface area contributed by atoms with Crippen molar-refractivity contribution >= 4 is 23.2 Å². The van der Waals surface area contributed by atoms with Crippen LogP contribution in [0.5, 0.6) is 0 Å². The van der Waals surface area contributed by atoms with Gasteiger partial charge in [0, 0.05) is 12.2 Å². The Balaban J connectivity index is 2.44. The van der Waals surface area contributed by atoms with Crippen LogP contribution in [-0.4, -0.2) is 23.5 Å². The van der Waals surface area contributed by atoms with Crippen molar-refractivity contribution in [2.24, 2.45) is 4.99 Å². The highest BCUT2D eigenvalue weighted by Crippen LogP contribution is 2.20. The lowest BCUT2D eigenvalue weighted by Gasteiger charge is -2.23. The number of rotatable bonds is 4. The lowest BCUT2D eigenvalue weighted by Crippen LogP contribution is -2.37. The maximum Gasteiger partial charge on any atom is 0.372 e. The van der Waals surface area contributed by atoms with E-state index in [1.165, 1.54) is 0 Å². The molecular formula is C19H22N2O2. The molecule has 0 fully saturated rings. The highest BCUT2D eigenvalue weighted by molar-refractivity contribution is 6.40. The highest BCUT2D eigenvalue weighted by atomic mass is 16.4. The molecule has 0 unspecified atom stereocenters. The van der Waals surface area contributed by atoms with Crippen LogP contribution in [0.4, 0.5) is 11.4 Å². The average Bonchev–Trinajstić information content (AvgIpc) is 2.53. The van der Waals surface area contributed by atoms with Crippen LogP contribution in [0.2, 0.25) is 0 Å². The summed E-state index contributed by atoms with van der Waals surface area (Å²) in [5.74, 6) is -0.987. The van der Waals surface area contributed by atoms with E-state index >= 15 is 0 Å². The molecule has 1 N–H and O–H groups in total. The first-order chi connectivity index (χ1) is 11.0. The maximum atomic E-state index is 11.8. The molecule has 120 valence electrons. The normalized spacial score (nSPS) is 11.3. The van der Waals surface area contributed by atoms with Crippen molar-refractivity contribution < 1.29 is 9.90 Å². The third-order valence-electron chi connectivity index (χ3n) is 3.51. The van der Waals surface area contributed by atoms with Crippen LogP contribution in [0.3, 0.4) is 0 Å². The van der Waals surface area contributed by atoms with Crippen molar-refractivity contribution in [1.82, 2.24) is 0 Å². The number of aliphatic carboxylic acids is 1. The van der Waals surface area contributed by atoms with Crippen molar-refractivity contribution in [3.63, 3.8) is 0 Å². The molecule has 0 aliphatic rings. The topological polar surface area (TPSA) is 52.9 Å². The molecule has 4 nitrogen and oxygen atoms in total. The van der Waals surface area contributed by atoms with Crippen LogP contribution in [-0.2, 0) is 4.79 Å². The fourth-order valence-electron chi connectivity index (χ4n) is 2.27. The van der Waals surface area contributed by atoms with E-state index in [0.29, 0.717) is 12.2 Å². The summed E-state index contributed by atoms with van der Waals surface area (Å²) in [7, 11) is 0. The minimum Gasteiger partial charge on any atom is -0.475 e. The smallest absolute Gasteiger partial charge is 0.372 e. The van der Waals surface area contributed by atoms with Gasteiger partial charge in [0.1, 0.15) is 0 Å². The van der Waals surface area contributed by atoms with E-state index in [4.69, 9.17) is 0 Å². The number of aliphatic imine (C=N–C) groups is 1. The van der Waals surface area contributed by atoms with Crippen molar-refractivity contribution in [3.8, 4) is 0 Å². The Morgan fingerprint density at radius 3 is 2.00 bits per heavy atom. The minimum absolute atomic E-state index is 0.0413. The number of hydrogen-bond acceptors (Lipinski definition) is 2. The summed E-state index contributed by atoms with van der Waals surface area (Å²) < 4.78 is 0. The van der Waals surface area contributed by atoms with Gasteiger partial charge in [0.15, 0.2) is 0 Å². The summed E-state index contributed by atoms with van der Waals surface area (Å²) in [6.07, 6.45) is 0.827. The molecule has 4 heteroatoms. The van der Waals surface area contributed by atoms with Gasteiger partial charge in [0.2, 0.25) is 5.84 Å². The van der Waals surface area contributed by atoms with Gasteiger partial charge < -0.3 is 10.0 Å². The van der Waals surface area contributed by atoms with Crippen LogP contribution < -0.4 is 4.90 Å². The van der Waals surface area contributed by atoms with Gasteiger partial charge in [-0.05, 0) is 44.5 Å². The fourth-order valence-corrected chi connectivity index (χ4v) is 2.27. The van der Waals surface area contributed by atoms with Crippen LogP contribution in [0.1, 0.15) is 24.5 Å². The summed E-state index contributed by atoms with van der Waals surface area (Å²) in [5.41, 5.74) is 3.73. The van der Waals surface area contributed by atoms with E-state index in [0.717, 1.165) is 23.2 Å².